The molecule has 0 fully saturated rings. The van der Waals surface area contributed by atoms with Gasteiger partial charge in [0.2, 0.25) is 10.0 Å². The zero-order valence-electron chi connectivity index (χ0n) is 13.9. The predicted octanol–water partition coefficient (Wildman–Crippen LogP) is 0.437. The van der Waals surface area contributed by atoms with Crippen LogP contribution in [0.3, 0.4) is 0 Å². The SMILES string of the molecule is CCNC(=NCc1ccc(CS(=O)(=O)NC)cc1)NCCOC. The molecule has 0 bridgehead atoms. The van der Waals surface area contributed by atoms with E-state index in [2.05, 4.69) is 20.3 Å². The Morgan fingerprint density at radius 3 is 2.39 bits per heavy atom. The van der Waals surface area contributed by atoms with Crippen molar-refractivity contribution in [2.24, 2.45) is 4.99 Å². The summed E-state index contributed by atoms with van der Waals surface area (Å²) >= 11 is 0. The van der Waals surface area contributed by atoms with Crippen LogP contribution in [0.25, 0.3) is 0 Å². The van der Waals surface area contributed by atoms with Crippen LogP contribution in [-0.4, -0.2) is 48.2 Å². The van der Waals surface area contributed by atoms with E-state index in [4.69, 9.17) is 4.74 Å². The molecular formula is C15H26N4O3S. The molecule has 0 atom stereocenters. The smallest absolute Gasteiger partial charge is 0.215 e. The maximum Gasteiger partial charge on any atom is 0.215 e. The molecule has 0 unspecified atom stereocenters. The van der Waals surface area contributed by atoms with E-state index in [0.717, 1.165) is 23.6 Å². The van der Waals surface area contributed by atoms with Gasteiger partial charge in [-0.3, -0.25) is 0 Å². The Kier molecular flexibility index (Phi) is 8.60. The highest BCUT2D eigenvalue weighted by Crippen LogP contribution is 2.08. The molecule has 1 aromatic carbocycles. The third-order valence-electron chi connectivity index (χ3n) is 3.05. The molecular weight excluding hydrogens is 316 g/mol. The largest absolute Gasteiger partial charge is 0.383 e. The third-order valence-corrected chi connectivity index (χ3v) is 4.39. The molecule has 0 aliphatic heterocycles. The van der Waals surface area contributed by atoms with E-state index in [0.29, 0.717) is 19.7 Å². The maximum atomic E-state index is 11.5. The average Bonchev–Trinajstić information content (AvgIpc) is 2.54. The van der Waals surface area contributed by atoms with E-state index in [1.54, 1.807) is 7.11 Å². The molecule has 130 valence electrons. The number of rotatable bonds is 9. The van der Waals surface area contributed by atoms with E-state index in [9.17, 15) is 8.42 Å². The molecule has 7 nitrogen and oxygen atoms in total. The summed E-state index contributed by atoms with van der Waals surface area (Å²) in [5.41, 5.74) is 1.76. The van der Waals surface area contributed by atoms with Gasteiger partial charge in [-0.15, -0.1) is 0 Å². The van der Waals surface area contributed by atoms with Crippen LogP contribution in [0.2, 0.25) is 0 Å². The first-order valence-electron chi connectivity index (χ1n) is 7.51. The molecule has 23 heavy (non-hydrogen) atoms. The van der Waals surface area contributed by atoms with Gasteiger partial charge < -0.3 is 15.4 Å². The number of aliphatic imine (C=N–C) groups is 1. The van der Waals surface area contributed by atoms with Crippen LogP contribution in [0.4, 0.5) is 0 Å². The van der Waals surface area contributed by atoms with Crippen molar-refractivity contribution in [3.05, 3.63) is 35.4 Å². The summed E-state index contributed by atoms with van der Waals surface area (Å²) in [6.07, 6.45) is 0. The summed E-state index contributed by atoms with van der Waals surface area (Å²) in [4.78, 5) is 4.48. The Bertz CT molecular complexity index is 585. The molecule has 0 spiro atoms. The fraction of sp³-hybridized carbons (Fsp3) is 0.533. The Morgan fingerprint density at radius 2 is 1.83 bits per heavy atom. The quantitative estimate of drug-likeness (QED) is 0.344. The number of hydrogen-bond donors (Lipinski definition) is 3. The third kappa shape index (κ3) is 7.96. The van der Waals surface area contributed by atoms with Crippen LogP contribution in [0, 0.1) is 0 Å². The summed E-state index contributed by atoms with van der Waals surface area (Å²) in [6.45, 7) is 4.59. The molecule has 0 heterocycles. The number of guanidine groups is 1. The van der Waals surface area contributed by atoms with Crippen molar-refractivity contribution < 1.29 is 13.2 Å². The van der Waals surface area contributed by atoms with Crippen molar-refractivity contribution in [2.75, 3.05) is 33.9 Å². The number of methoxy groups -OCH3 is 1. The second-order valence-electron chi connectivity index (χ2n) is 4.89. The Balaban J connectivity index is 2.63. The lowest BCUT2D eigenvalue weighted by molar-refractivity contribution is 0.203. The van der Waals surface area contributed by atoms with Crippen molar-refractivity contribution in [3.63, 3.8) is 0 Å². The number of nitrogens with one attached hydrogen (secondary N) is 3. The Labute approximate surface area is 138 Å². The molecule has 1 aromatic rings. The highest BCUT2D eigenvalue weighted by atomic mass is 32.2. The Morgan fingerprint density at radius 1 is 1.17 bits per heavy atom. The van der Waals surface area contributed by atoms with Crippen molar-refractivity contribution >= 4 is 16.0 Å². The van der Waals surface area contributed by atoms with Gasteiger partial charge in [-0.2, -0.15) is 0 Å². The van der Waals surface area contributed by atoms with Crippen molar-refractivity contribution in [1.29, 1.82) is 0 Å². The normalized spacial score (nSPS) is 12.2. The molecule has 0 saturated heterocycles. The lowest BCUT2D eigenvalue weighted by Crippen LogP contribution is -2.38. The first kappa shape index (κ1) is 19.4. The molecule has 3 N–H and O–H groups in total. The summed E-state index contributed by atoms with van der Waals surface area (Å²) in [7, 11) is -0.172. The minimum absolute atomic E-state index is 0.0196. The standard InChI is InChI=1S/C15H26N4O3S/c1-4-17-15(18-9-10-22-3)19-11-13-5-7-14(8-6-13)12-23(20,21)16-2/h5-8,16H,4,9-12H2,1-3H3,(H2,17,18,19). The van der Waals surface area contributed by atoms with Gasteiger partial charge in [0.15, 0.2) is 5.96 Å². The van der Waals surface area contributed by atoms with Gasteiger partial charge in [0.25, 0.3) is 0 Å². The summed E-state index contributed by atoms with van der Waals surface area (Å²) < 4.78 is 30.3. The summed E-state index contributed by atoms with van der Waals surface area (Å²) in [5, 5.41) is 6.33. The zero-order chi connectivity index (χ0) is 17.1. The van der Waals surface area contributed by atoms with Crippen LogP contribution < -0.4 is 15.4 Å². The Hall–Kier alpha value is -1.64. The second-order valence-corrected chi connectivity index (χ2v) is 6.82. The van der Waals surface area contributed by atoms with Gasteiger partial charge in [-0.05, 0) is 25.1 Å². The fourth-order valence-electron chi connectivity index (χ4n) is 1.82. The average molecular weight is 342 g/mol. The van der Waals surface area contributed by atoms with E-state index in [1.165, 1.54) is 7.05 Å². The molecule has 0 aromatic heterocycles. The van der Waals surface area contributed by atoms with Crippen LogP contribution in [0.1, 0.15) is 18.1 Å². The van der Waals surface area contributed by atoms with E-state index >= 15 is 0 Å². The summed E-state index contributed by atoms with van der Waals surface area (Å²) in [5.74, 6) is 0.709. The first-order chi connectivity index (χ1) is 11.0. The molecule has 8 heteroatoms. The van der Waals surface area contributed by atoms with Gasteiger partial charge in [0.05, 0.1) is 18.9 Å². The van der Waals surface area contributed by atoms with Crippen LogP contribution in [0.5, 0.6) is 0 Å². The first-order valence-corrected chi connectivity index (χ1v) is 9.16. The number of benzene rings is 1. The molecule has 0 aliphatic rings. The fourth-order valence-corrected chi connectivity index (χ4v) is 2.59. The van der Waals surface area contributed by atoms with Crippen LogP contribution in [-0.2, 0) is 27.1 Å². The van der Waals surface area contributed by atoms with Crippen LogP contribution >= 0.6 is 0 Å². The number of hydrogen-bond acceptors (Lipinski definition) is 4. The number of sulfonamides is 1. The van der Waals surface area contributed by atoms with Gasteiger partial charge >= 0.3 is 0 Å². The lowest BCUT2D eigenvalue weighted by atomic mass is 10.1. The zero-order valence-corrected chi connectivity index (χ0v) is 14.7. The van der Waals surface area contributed by atoms with E-state index in [-0.39, 0.29) is 5.75 Å². The molecule has 0 radical (unpaired) electrons. The maximum absolute atomic E-state index is 11.5. The second kappa shape index (κ2) is 10.2. The highest BCUT2D eigenvalue weighted by Gasteiger charge is 2.08. The van der Waals surface area contributed by atoms with Crippen molar-refractivity contribution in [3.8, 4) is 0 Å². The number of ether oxygens (including phenoxy) is 1. The predicted molar refractivity (Wildman–Crippen MR) is 92.8 cm³/mol. The monoisotopic (exact) mass is 342 g/mol. The molecule has 0 saturated carbocycles. The minimum Gasteiger partial charge on any atom is -0.383 e. The van der Waals surface area contributed by atoms with Crippen LogP contribution in [0.15, 0.2) is 29.3 Å². The molecule has 1 rings (SSSR count). The summed E-state index contributed by atoms with van der Waals surface area (Å²) in [6, 6.07) is 7.40. The minimum atomic E-state index is -3.24. The van der Waals surface area contributed by atoms with E-state index < -0.39 is 10.0 Å². The van der Waals surface area contributed by atoms with Gasteiger partial charge in [-0.25, -0.2) is 18.1 Å². The van der Waals surface area contributed by atoms with Crippen molar-refractivity contribution in [1.82, 2.24) is 15.4 Å². The number of nitrogens with zero attached hydrogens (tertiary/aromatic N) is 1. The van der Waals surface area contributed by atoms with Gasteiger partial charge in [0, 0.05) is 20.2 Å². The topological polar surface area (TPSA) is 91.8 Å². The highest BCUT2D eigenvalue weighted by molar-refractivity contribution is 7.88. The van der Waals surface area contributed by atoms with E-state index in [1.807, 2.05) is 31.2 Å². The van der Waals surface area contributed by atoms with Gasteiger partial charge in [-0.1, -0.05) is 24.3 Å². The lowest BCUT2D eigenvalue weighted by Gasteiger charge is -2.10. The van der Waals surface area contributed by atoms with Crippen molar-refractivity contribution in [2.45, 2.75) is 19.2 Å². The molecule has 0 aliphatic carbocycles. The molecule has 0 amide bonds. The van der Waals surface area contributed by atoms with Gasteiger partial charge in [0.1, 0.15) is 0 Å².